The number of fused-ring (bicyclic) bond motifs is 1. The maximum Gasteiger partial charge on any atom is 0.256 e. The first-order chi connectivity index (χ1) is 8.83. The first-order valence-electron chi connectivity index (χ1n) is 5.56. The molecule has 1 aliphatic heterocycles. The van der Waals surface area contributed by atoms with Gasteiger partial charge in [-0.3, -0.25) is 4.79 Å². The van der Waals surface area contributed by atoms with E-state index in [0.29, 0.717) is 30.2 Å². The van der Waals surface area contributed by atoms with Crippen molar-refractivity contribution < 1.29 is 14.3 Å². The number of benzene rings is 1. The lowest BCUT2D eigenvalue weighted by molar-refractivity contribution is 0.102. The van der Waals surface area contributed by atoms with Crippen LogP contribution in [0.1, 0.15) is 10.4 Å². The topological polar surface area (TPSA) is 47.6 Å². The van der Waals surface area contributed by atoms with Crippen LogP contribution in [-0.4, -0.2) is 19.1 Å². The monoisotopic (exact) mass is 261 g/mol. The van der Waals surface area contributed by atoms with Gasteiger partial charge < -0.3 is 14.8 Å². The fraction of sp³-hybridized carbons (Fsp3) is 0.154. The standard InChI is InChI=1S/C13H11NO3S/c15-13(9-3-6-18-8-9)14-10-1-2-11-12(7-10)17-5-4-16-11/h1-3,6-8H,4-5H2,(H,14,15). The average Bonchev–Trinajstić information content (AvgIpc) is 2.92. The minimum absolute atomic E-state index is 0.118. The van der Waals surface area contributed by atoms with Crippen LogP contribution in [0.5, 0.6) is 11.5 Å². The predicted octanol–water partition coefficient (Wildman–Crippen LogP) is 2.77. The van der Waals surface area contributed by atoms with Gasteiger partial charge in [0.05, 0.1) is 5.56 Å². The van der Waals surface area contributed by atoms with Gasteiger partial charge in [0.15, 0.2) is 11.5 Å². The predicted molar refractivity (Wildman–Crippen MR) is 69.7 cm³/mol. The van der Waals surface area contributed by atoms with Crippen LogP contribution in [0.4, 0.5) is 5.69 Å². The molecular formula is C13H11NO3S. The van der Waals surface area contributed by atoms with E-state index in [9.17, 15) is 4.79 Å². The van der Waals surface area contributed by atoms with E-state index in [2.05, 4.69) is 5.32 Å². The Morgan fingerprint density at radius 2 is 2.00 bits per heavy atom. The summed E-state index contributed by atoms with van der Waals surface area (Å²) >= 11 is 1.50. The van der Waals surface area contributed by atoms with E-state index in [1.165, 1.54) is 11.3 Å². The van der Waals surface area contributed by atoms with Gasteiger partial charge in [0.1, 0.15) is 13.2 Å². The van der Waals surface area contributed by atoms with Crippen LogP contribution < -0.4 is 14.8 Å². The maximum atomic E-state index is 11.9. The summed E-state index contributed by atoms with van der Waals surface area (Å²) in [7, 11) is 0. The Hall–Kier alpha value is -2.01. The molecule has 0 saturated carbocycles. The zero-order valence-electron chi connectivity index (χ0n) is 9.51. The van der Waals surface area contributed by atoms with E-state index in [1.807, 2.05) is 10.8 Å². The quantitative estimate of drug-likeness (QED) is 0.904. The van der Waals surface area contributed by atoms with E-state index >= 15 is 0 Å². The molecule has 0 spiro atoms. The Bertz CT molecular complexity index is 566. The molecule has 0 bridgehead atoms. The third-order valence-electron chi connectivity index (χ3n) is 2.58. The van der Waals surface area contributed by atoms with E-state index in [1.54, 1.807) is 24.3 Å². The van der Waals surface area contributed by atoms with Gasteiger partial charge >= 0.3 is 0 Å². The zero-order chi connectivity index (χ0) is 12.4. The highest BCUT2D eigenvalue weighted by molar-refractivity contribution is 7.08. The van der Waals surface area contributed by atoms with Gasteiger partial charge in [0.25, 0.3) is 5.91 Å². The minimum Gasteiger partial charge on any atom is -0.486 e. The Kier molecular flexibility index (Phi) is 2.90. The third-order valence-corrected chi connectivity index (χ3v) is 3.27. The minimum atomic E-state index is -0.118. The highest BCUT2D eigenvalue weighted by atomic mass is 32.1. The maximum absolute atomic E-state index is 11.9. The van der Waals surface area contributed by atoms with Gasteiger partial charge in [-0.2, -0.15) is 11.3 Å². The number of nitrogens with one attached hydrogen (secondary N) is 1. The third kappa shape index (κ3) is 2.17. The lowest BCUT2D eigenvalue weighted by atomic mass is 10.2. The molecule has 4 nitrogen and oxygen atoms in total. The number of carbonyl (C=O) groups excluding carboxylic acids is 1. The van der Waals surface area contributed by atoms with Crippen LogP contribution in [0.25, 0.3) is 0 Å². The molecule has 5 heteroatoms. The molecule has 1 aromatic heterocycles. The van der Waals surface area contributed by atoms with Crippen LogP contribution in [0.3, 0.4) is 0 Å². The molecular weight excluding hydrogens is 250 g/mol. The number of rotatable bonds is 2. The normalized spacial score (nSPS) is 13.1. The molecule has 0 atom stereocenters. The average molecular weight is 261 g/mol. The Morgan fingerprint density at radius 1 is 1.17 bits per heavy atom. The molecule has 0 aliphatic carbocycles. The van der Waals surface area contributed by atoms with Gasteiger partial charge in [0, 0.05) is 17.1 Å². The lowest BCUT2D eigenvalue weighted by Crippen LogP contribution is -2.16. The Labute approximate surface area is 108 Å². The van der Waals surface area contributed by atoms with Gasteiger partial charge in [-0.25, -0.2) is 0 Å². The number of ether oxygens (including phenoxy) is 2. The van der Waals surface area contributed by atoms with Gasteiger partial charge in [-0.05, 0) is 23.6 Å². The van der Waals surface area contributed by atoms with Gasteiger partial charge in [-0.15, -0.1) is 0 Å². The van der Waals surface area contributed by atoms with Crippen molar-refractivity contribution in [1.29, 1.82) is 0 Å². The first kappa shape index (κ1) is 11.1. The summed E-state index contributed by atoms with van der Waals surface area (Å²) in [5.74, 6) is 1.27. The number of hydrogen-bond donors (Lipinski definition) is 1. The number of thiophene rings is 1. The van der Waals surface area contributed by atoms with Crippen molar-refractivity contribution in [1.82, 2.24) is 0 Å². The summed E-state index contributed by atoms with van der Waals surface area (Å²) < 4.78 is 10.9. The summed E-state index contributed by atoms with van der Waals surface area (Å²) in [5.41, 5.74) is 1.37. The smallest absolute Gasteiger partial charge is 0.256 e. The van der Waals surface area contributed by atoms with Crippen LogP contribution >= 0.6 is 11.3 Å². The Balaban J connectivity index is 1.79. The molecule has 3 rings (SSSR count). The summed E-state index contributed by atoms with van der Waals surface area (Å²) in [6.07, 6.45) is 0. The summed E-state index contributed by atoms with van der Waals surface area (Å²) in [5, 5.41) is 6.51. The fourth-order valence-corrected chi connectivity index (χ4v) is 2.35. The van der Waals surface area contributed by atoms with E-state index in [-0.39, 0.29) is 5.91 Å². The molecule has 1 aliphatic rings. The molecule has 18 heavy (non-hydrogen) atoms. The Morgan fingerprint density at radius 3 is 2.78 bits per heavy atom. The second-order valence-corrected chi connectivity index (χ2v) is 4.60. The van der Waals surface area contributed by atoms with Crippen molar-refractivity contribution >= 4 is 22.9 Å². The highest BCUT2D eigenvalue weighted by Crippen LogP contribution is 2.32. The first-order valence-corrected chi connectivity index (χ1v) is 6.50. The van der Waals surface area contributed by atoms with Gasteiger partial charge in [0.2, 0.25) is 0 Å². The van der Waals surface area contributed by atoms with Crippen molar-refractivity contribution in [2.45, 2.75) is 0 Å². The molecule has 0 fully saturated rings. The van der Waals surface area contributed by atoms with E-state index < -0.39 is 0 Å². The second kappa shape index (κ2) is 4.70. The van der Waals surface area contributed by atoms with Crippen LogP contribution in [0, 0.1) is 0 Å². The summed E-state index contributed by atoms with van der Waals surface area (Å²) in [6.45, 7) is 1.10. The molecule has 2 aromatic rings. The molecule has 0 radical (unpaired) electrons. The number of hydrogen-bond acceptors (Lipinski definition) is 4. The van der Waals surface area contributed by atoms with Crippen LogP contribution in [-0.2, 0) is 0 Å². The molecule has 1 aromatic carbocycles. The number of amides is 1. The molecule has 0 saturated heterocycles. The number of anilines is 1. The number of carbonyl (C=O) groups is 1. The summed E-state index contributed by atoms with van der Waals surface area (Å²) in [4.78, 5) is 11.9. The van der Waals surface area contributed by atoms with Crippen molar-refractivity contribution in [3.8, 4) is 11.5 Å². The summed E-state index contributed by atoms with van der Waals surface area (Å²) in [6, 6.07) is 7.17. The van der Waals surface area contributed by atoms with Crippen molar-refractivity contribution in [2.24, 2.45) is 0 Å². The van der Waals surface area contributed by atoms with Crippen molar-refractivity contribution in [3.05, 3.63) is 40.6 Å². The highest BCUT2D eigenvalue weighted by Gasteiger charge is 2.13. The molecule has 1 N–H and O–H groups in total. The molecule has 0 unspecified atom stereocenters. The van der Waals surface area contributed by atoms with E-state index in [0.717, 1.165) is 5.75 Å². The largest absolute Gasteiger partial charge is 0.486 e. The van der Waals surface area contributed by atoms with Crippen molar-refractivity contribution in [3.63, 3.8) is 0 Å². The fourth-order valence-electron chi connectivity index (χ4n) is 1.72. The lowest BCUT2D eigenvalue weighted by Gasteiger charge is -2.18. The molecule has 92 valence electrons. The van der Waals surface area contributed by atoms with Crippen molar-refractivity contribution in [2.75, 3.05) is 18.5 Å². The molecule has 2 heterocycles. The zero-order valence-corrected chi connectivity index (χ0v) is 10.3. The second-order valence-electron chi connectivity index (χ2n) is 3.82. The van der Waals surface area contributed by atoms with Crippen LogP contribution in [0.15, 0.2) is 35.0 Å². The SMILES string of the molecule is O=C(Nc1ccc2c(c1)OCCO2)c1ccsc1. The molecule has 1 amide bonds. The van der Waals surface area contributed by atoms with Crippen LogP contribution in [0.2, 0.25) is 0 Å². The van der Waals surface area contributed by atoms with E-state index in [4.69, 9.17) is 9.47 Å². The van der Waals surface area contributed by atoms with Gasteiger partial charge in [-0.1, -0.05) is 0 Å².